The lowest BCUT2D eigenvalue weighted by atomic mass is 10.1. The van der Waals surface area contributed by atoms with Crippen molar-refractivity contribution in [2.45, 2.75) is 19.9 Å². The van der Waals surface area contributed by atoms with Gasteiger partial charge < -0.3 is 10.4 Å². The first-order valence-electron chi connectivity index (χ1n) is 5.61. The smallest absolute Gasteiger partial charge is 0.121 e. The number of aromatic nitrogens is 2. The van der Waals surface area contributed by atoms with E-state index in [0.29, 0.717) is 5.75 Å². The van der Waals surface area contributed by atoms with Gasteiger partial charge in [0, 0.05) is 18.8 Å². The maximum atomic E-state index is 9.88. The van der Waals surface area contributed by atoms with Crippen molar-refractivity contribution >= 4 is 5.69 Å². The molecule has 0 fully saturated rings. The lowest BCUT2D eigenvalue weighted by Gasteiger charge is -2.15. The molecule has 0 aliphatic carbocycles. The Morgan fingerprint density at radius 1 is 1.41 bits per heavy atom. The summed E-state index contributed by atoms with van der Waals surface area (Å²) in [5, 5.41) is 17.3. The van der Waals surface area contributed by atoms with E-state index in [0.717, 1.165) is 16.8 Å². The molecule has 0 amide bonds. The van der Waals surface area contributed by atoms with Crippen LogP contribution in [0.5, 0.6) is 5.75 Å². The van der Waals surface area contributed by atoms with Crippen LogP contribution in [0, 0.1) is 6.92 Å². The van der Waals surface area contributed by atoms with E-state index in [9.17, 15) is 5.11 Å². The van der Waals surface area contributed by atoms with Gasteiger partial charge in [-0.1, -0.05) is 12.1 Å². The first-order valence-corrected chi connectivity index (χ1v) is 5.61. The third-order valence-electron chi connectivity index (χ3n) is 2.74. The number of aryl methyl sites for hydroxylation is 2. The molecule has 4 nitrogen and oxygen atoms in total. The van der Waals surface area contributed by atoms with Crippen LogP contribution in [0.2, 0.25) is 0 Å². The van der Waals surface area contributed by atoms with Gasteiger partial charge in [-0.05, 0) is 25.5 Å². The van der Waals surface area contributed by atoms with E-state index in [1.807, 2.05) is 39.2 Å². The lowest BCUT2D eigenvalue weighted by molar-refractivity contribution is 0.465. The van der Waals surface area contributed by atoms with Crippen molar-refractivity contribution in [2.24, 2.45) is 7.05 Å². The highest BCUT2D eigenvalue weighted by Gasteiger charge is 2.10. The molecule has 2 aromatic rings. The minimum absolute atomic E-state index is 0.0415. The summed E-state index contributed by atoms with van der Waals surface area (Å²) in [5.41, 5.74) is 2.89. The Morgan fingerprint density at radius 3 is 2.76 bits per heavy atom. The summed E-state index contributed by atoms with van der Waals surface area (Å²) in [5.74, 6) is 0.328. The molecule has 2 N–H and O–H groups in total. The van der Waals surface area contributed by atoms with Crippen molar-refractivity contribution in [3.63, 3.8) is 0 Å². The first-order chi connectivity index (χ1) is 8.06. The van der Waals surface area contributed by atoms with Crippen LogP contribution in [0.4, 0.5) is 5.69 Å². The molecule has 4 heteroatoms. The standard InChI is InChI=1S/C13H17N3O/c1-9-4-5-12(13(17)6-9)10(2)15-11-7-14-16(3)8-11/h4-8,10,15,17H,1-3H3. The fourth-order valence-corrected chi connectivity index (χ4v) is 1.84. The van der Waals surface area contributed by atoms with Gasteiger partial charge in [-0.25, -0.2) is 0 Å². The monoisotopic (exact) mass is 231 g/mol. The molecule has 1 heterocycles. The minimum atomic E-state index is 0.0415. The van der Waals surface area contributed by atoms with Gasteiger partial charge in [0.2, 0.25) is 0 Å². The second kappa shape index (κ2) is 4.49. The molecule has 1 atom stereocenters. The average molecular weight is 231 g/mol. The molecule has 1 unspecified atom stereocenters. The molecule has 0 saturated carbocycles. The van der Waals surface area contributed by atoms with Crippen LogP contribution in [0.25, 0.3) is 0 Å². The number of anilines is 1. The molecule has 1 aromatic heterocycles. The van der Waals surface area contributed by atoms with Crippen molar-refractivity contribution in [1.82, 2.24) is 9.78 Å². The van der Waals surface area contributed by atoms with Crippen LogP contribution in [0.3, 0.4) is 0 Å². The Morgan fingerprint density at radius 2 is 2.18 bits per heavy atom. The average Bonchev–Trinajstić information content (AvgIpc) is 2.63. The summed E-state index contributed by atoms with van der Waals surface area (Å²) < 4.78 is 1.74. The number of benzene rings is 1. The first kappa shape index (κ1) is 11.5. The molecule has 0 spiro atoms. The lowest BCUT2D eigenvalue weighted by Crippen LogP contribution is -2.06. The van der Waals surface area contributed by atoms with Gasteiger partial charge in [0.25, 0.3) is 0 Å². The number of phenolic OH excluding ortho intramolecular Hbond substituents is 1. The van der Waals surface area contributed by atoms with Gasteiger partial charge in [-0.3, -0.25) is 4.68 Å². The van der Waals surface area contributed by atoms with Crippen molar-refractivity contribution in [1.29, 1.82) is 0 Å². The van der Waals surface area contributed by atoms with Crippen molar-refractivity contribution in [3.05, 3.63) is 41.7 Å². The van der Waals surface area contributed by atoms with Crippen LogP contribution in [0.15, 0.2) is 30.6 Å². The number of hydrogen-bond acceptors (Lipinski definition) is 3. The van der Waals surface area contributed by atoms with Gasteiger partial charge in [0.05, 0.1) is 17.9 Å². The predicted octanol–water partition coefficient (Wildman–Crippen LogP) is 2.61. The summed E-state index contributed by atoms with van der Waals surface area (Å²) >= 11 is 0. The van der Waals surface area contributed by atoms with E-state index in [-0.39, 0.29) is 6.04 Å². The third kappa shape index (κ3) is 2.58. The highest BCUT2D eigenvalue weighted by atomic mass is 16.3. The SMILES string of the molecule is Cc1ccc(C(C)Nc2cnn(C)c2)c(O)c1. The quantitative estimate of drug-likeness (QED) is 0.853. The zero-order valence-electron chi connectivity index (χ0n) is 10.3. The molecule has 0 radical (unpaired) electrons. The van der Waals surface area contributed by atoms with Crippen LogP contribution in [-0.4, -0.2) is 14.9 Å². The highest BCUT2D eigenvalue weighted by molar-refractivity contribution is 5.45. The molecule has 1 aromatic carbocycles. The van der Waals surface area contributed by atoms with Gasteiger partial charge >= 0.3 is 0 Å². The van der Waals surface area contributed by atoms with Crippen molar-refractivity contribution in [3.8, 4) is 5.75 Å². The fourth-order valence-electron chi connectivity index (χ4n) is 1.84. The van der Waals surface area contributed by atoms with Gasteiger partial charge in [0.15, 0.2) is 0 Å². The highest BCUT2D eigenvalue weighted by Crippen LogP contribution is 2.27. The maximum absolute atomic E-state index is 9.88. The number of nitrogens with one attached hydrogen (secondary N) is 1. The van der Waals surface area contributed by atoms with Gasteiger partial charge in [0.1, 0.15) is 5.75 Å². The van der Waals surface area contributed by atoms with Crippen LogP contribution in [-0.2, 0) is 7.05 Å². The number of nitrogens with zero attached hydrogens (tertiary/aromatic N) is 2. The van der Waals surface area contributed by atoms with Crippen LogP contribution < -0.4 is 5.32 Å². The zero-order valence-corrected chi connectivity index (χ0v) is 10.3. The Kier molecular flexibility index (Phi) is 3.04. The van der Waals surface area contributed by atoms with E-state index in [4.69, 9.17) is 0 Å². The molecule has 2 rings (SSSR count). The van der Waals surface area contributed by atoms with Crippen LogP contribution in [0.1, 0.15) is 24.1 Å². The normalized spacial score (nSPS) is 12.4. The summed E-state index contributed by atoms with van der Waals surface area (Å²) in [6.45, 7) is 3.97. The second-order valence-electron chi connectivity index (χ2n) is 4.33. The Hall–Kier alpha value is -1.97. The Balaban J connectivity index is 2.17. The van der Waals surface area contributed by atoms with E-state index in [2.05, 4.69) is 10.4 Å². The van der Waals surface area contributed by atoms with Gasteiger partial charge in [-0.2, -0.15) is 5.10 Å². The van der Waals surface area contributed by atoms with E-state index in [1.165, 1.54) is 0 Å². The third-order valence-corrected chi connectivity index (χ3v) is 2.74. The predicted molar refractivity (Wildman–Crippen MR) is 68.1 cm³/mol. The Bertz CT molecular complexity index is 519. The van der Waals surface area contributed by atoms with Crippen molar-refractivity contribution in [2.75, 3.05) is 5.32 Å². The fraction of sp³-hybridized carbons (Fsp3) is 0.308. The van der Waals surface area contributed by atoms with E-state index >= 15 is 0 Å². The molecular weight excluding hydrogens is 214 g/mol. The van der Waals surface area contributed by atoms with E-state index in [1.54, 1.807) is 16.9 Å². The maximum Gasteiger partial charge on any atom is 0.121 e. The van der Waals surface area contributed by atoms with Gasteiger partial charge in [-0.15, -0.1) is 0 Å². The largest absolute Gasteiger partial charge is 0.508 e. The topological polar surface area (TPSA) is 50.1 Å². The molecule has 0 bridgehead atoms. The number of hydrogen-bond donors (Lipinski definition) is 2. The number of aromatic hydroxyl groups is 1. The second-order valence-corrected chi connectivity index (χ2v) is 4.33. The number of rotatable bonds is 3. The molecule has 17 heavy (non-hydrogen) atoms. The van der Waals surface area contributed by atoms with Crippen molar-refractivity contribution < 1.29 is 5.11 Å². The van der Waals surface area contributed by atoms with Crippen LogP contribution >= 0.6 is 0 Å². The minimum Gasteiger partial charge on any atom is -0.508 e. The summed E-state index contributed by atoms with van der Waals surface area (Å²) in [6, 6.07) is 5.76. The van der Waals surface area contributed by atoms with E-state index < -0.39 is 0 Å². The molecule has 0 aliphatic heterocycles. The molecule has 90 valence electrons. The molecule has 0 aliphatic rings. The number of phenols is 1. The molecular formula is C13H17N3O. The summed E-state index contributed by atoms with van der Waals surface area (Å²) in [7, 11) is 1.87. The summed E-state index contributed by atoms with van der Waals surface area (Å²) in [6.07, 6.45) is 3.67. The zero-order chi connectivity index (χ0) is 12.4. The Labute approximate surface area is 101 Å². The summed E-state index contributed by atoms with van der Waals surface area (Å²) in [4.78, 5) is 0. The molecule has 0 saturated heterocycles.